The van der Waals surface area contributed by atoms with Crippen molar-refractivity contribution in [3.63, 3.8) is 0 Å². The number of hydrogen-bond donors (Lipinski definition) is 1. The van der Waals surface area contributed by atoms with E-state index in [0.717, 1.165) is 31.1 Å². The van der Waals surface area contributed by atoms with Gasteiger partial charge in [-0.15, -0.1) is 0 Å². The van der Waals surface area contributed by atoms with Crippen LogP contribution in [0, 0.1) is 0 Å². The van der Waals surface area contributed by atoms with Gasteiger partial charge in [0.15, 0.2) is 0 Å². The molecule has 1 heterocycles. The van der Waals surface area contributed by atoms with E-state index in [1.165, 1.54) is 5.56 Å². The molecule has 0 radical (unpaired) electrons. The first-order chi connectivity index (χ1) is 9.85. The Morgan fingerprint density at radius 2 is 2.05 bits per heavy atom. The van der Waals surface area contributed by atoms with E-state index in [1.807, 2.05) is 12.1 Å². The topological polar surface area (TPSA) is 32.5 Å². The quantitative estimate of drug-likeness (QED) is 0.927. The molecule has 2 rings (SSSR count). The van der Waals surface area contributed by atoms with Crippen molar-refractivity contribution in [2.24, 2.45) is 5.73 Å². The fraction of sp³-hybridized carbons (Fsp3) is 0.647. The molecule has 4 heteroatoms. The summed E-state index contributed by atoms with van der Waals surface area (Å²) in [5.74, 6) is 0. The Labute approximate surface area is 134 Å². The summed E-state index contributed by atoms with van der Waals surface area (Å²) in [7, 11) is 2.20. The van der Waals surface area contributed by atoms with Crippen LogP contribution in [0.3, 0.4) is 0 Å². The molecule has 1 aliphatic heterocycles. The zero-order valence-electron chi connectivity index (χ0n) is 13.6. The number of piperazine rings is 1. The molecule has 0 spiro atoms. The maximum Gasteiger partial charge on any atom is 0.0500 e. The van der Waals surface area contributed by atoms with Crippen molar-refractivity contribution in [3.05, 3.63) is 34.9 Å². The van der Waals surface area contributed by atoms with Crippen molar-refractivity contribution < 1.29 is 0 Å². The molecule has 1 fully saturated rings. The number of halogens is 1. The molecular weight excluding hydrogens is 282 g/mol. The second-order valence-corrected chi connectivity index (χ2v) is 7.21. The molecule has 0 aliphatic carbocycles. The van der Waals surface area contributed by atoms with E-state index in [0.29, 0.717) is 0 Å². The molecule has 2 atom stereocenters. The average Bonchev–Trinajstić information content (AvgIpc) is 2.42. The summed E-state index contributed by atoms with van der Waals surface area (Å²) in [4.78, 5) is 4.95. The molecule has 0 amide bonds. The summed E-state index contributed by atoms with van der Waals surface area (Å²) in [6, 6.07) is 8.52. The maximum atomic E-state index is 6.46. The maximum absolute atomic E-state index is 6.46. The van der Waals surface area contributed by atoms with Gasteiger partial charge in [0.1, 0.15) is 0 Å². The third-order valence-corrected chi connectivity index (χ3v) is 5.04. The molecule has 21 heavy (non-hydrogen) atoms. The van der Waals surface area contributed by atoms with Gasteiger partial charge in [0, 0.05) is 36.2 Å². The monoisotopic (exact) mass is 309 g/mol. The highest BCUT2D eigenvalue weighted by atomic mass is 35.5. The summed E-state index contributed by atoms with van der Waals surface area (Å²) in [5.41, 5.74) is 7.86. The number of likely N-dealkylation sites (N-methyl/N-ethyl adjacent to an activating group) is 1. The zero-order valence-corrected chi connectivity index (χ0v) is 14.4. The smallest absolute Gasteiger partial charge is 0.0500 e. The minimum absolute atomic E-state index is 0.127. The Hall–Kier alpha value is -0.610. The van der Waals surface area contributed by atoms with Crippen LogP contribution in [-0.4, -0.2) is 48.1 Å². The fourth-order valence-corrected chi connectivity index (χ4v) is 3.36. The van der Waals surface area contributed by atoms with Gasteiger partial charge in [-0.05, 0) is 45.0 Å². The van der Waals surface area contributed by atoms with Crippen LogP contribution in [0.4, 0.5) is 0 Å². The lowest BCUT2D eigenvalue weighted by molar-refractivity contribution is 0.00955. The Bertz CT molecular complexity index is 475. The molecule has 2 unspecified atom stereocenters. The normalized spacial score (nSPS) is 23.0. The van der Waals surface area contributed by atoms with Gasteiger partial charge in [0.05, 0.1) is 6.04 Å². The molecule has 2 N–H and O–H groups in total. The Kier molecular flexibility index (Phi) is 5.31. The number of hydrogen-bond acceptors (Lipinski definition) is 3. The first-order valence-corrected chi connectivity index (χ1v) is 8.19. The van der Waals surface area contributed by atoms with Crippen molar-refractivity contribution in [1.29, 1.82) is 0 Å². The second kappa shape index (κ2) is 6.66. The molecule has 118 valence electrons. The molecule has 1 saturated heterocycles. The van der Waals surface area contributed by atoms with Crippen LogP contribution in [-0.2, 0) is 0 Å². The third kappa shape index (κ3) is 3.78. The Balaban J connectivity index is 2.29. The van der Waals surface area contributed by atoms with E-state index < -0.39 is 0 Å². The molecule has 1 aliphatic rings. The van der Waals surface area contributed by atoms with Crippen molar-refractivity contribution >= 4 is 11.6 Å². The molecule has 0 aromatic heterocycles. The van der Waals surface area contributed by atoms with Gasteiger partial charge in [0.25, 0.3) is 0 Å². The molecule has 1 aromatic rings. The van der Waals surface area contributed by atoms with E-state index in [1.54, 1.807) is 0 Å². The fourth-order valence-electron chi connectivity index (χ4n) is 3.16. The van der Waals surface area contributed by atoms with Gasteiger partial charge >= 0.3 is 0 Å². The average molecular weight is 310 g/mol. The highest BCUT2D eigenvalue weighted by molar-refractivity contribution is 6.30. The highest BCUT2D eigenvalue weighted by Gasteiger charge is 2.36. The largest absolute Gasteiger partial charge is 0.326 e. The lowest BCUT2D eigenvalue weighted by Gasteiger charge is -2.49. The van der Waals surface area contributed by atoms with Gasteiger partial charge in [-0.1, -0.05) is 30.7 Å². The number of nitrogens with two attached hydrogens (primary N) is 1. The van der Waals surface area contributed by atoms with E-state index in [9.17, 15) is 0 Å². The van der Waals surface area contributed by atoms with Crippen molar-refractivity contribution in [2.75, 3.05) is 26.7 Å². The molecule has 3 nitrogen and oxygen atoms in total. The van der Waals surface area contributed by atoms with Crippen LogP contribution in [0.15, 0.2) is 24.3 Å². The number of nitrogens with zero attached hydrogens (tertiary/aromatic N) is 2. The Morgan fingerprint density at radius 1 is 1.33 bits per heavy atom. The Morgan fingerprint density at radius 3 is 2.62 bits per heavy atom. The summed E-state index contributed by atoms with van der Waals surface area (Å²) in [6.07, 6.45) is 0.962. The highest BCUT2D eigenvalue weighted by Crippen LogP contribution is 2.31. The van der Waals surface area contributed by atoms with Crippen molar-refractivity contribution in [3.8, 4) is 0 Å². The first-order valence-electron chi connectivity index (χ1n) is 7.81. The predicted molar refractivity (Wildman–Crippen MR) is 90.7 cm³/mol. The van der Waals surface area contributed by atoms with E-state index in [2.05, 4.69) is 49.8 Å². The summed E-state index contributed by atoms with van der Waals surface area (Å²) in [6.45, 7) is 9.89. The van der Waals surface area contributed by atoms with Crippen LogP contribution < -0.4 is 5.73 Å². The molecule has 1 aromatic carbocycles. The van der Waals surface area contributed by atoms with Crippen LogP contribution in [0.1, 0.15) is 38.8 Å². The van der Waals surface area contributed by atoms with E-state index >= 15 is 0 Å². The first kappa shape index (κ1) is 16.8. The van der Waals surface area contributed by atoms with Crippen molar-refractivity contribution in [2.45, 2.75) is 44.8 Å². The SMILES string of the molecule is CCC(N)C(c1cccc(Cl)c1)N1CCN(C)C(C)(C)C1. The van der Waals surface area contributed by atoms with Gasteiger partial charge < -0.3 is 5.73 Å². The van der Waals surface area contributed by atoms with E-state index in [4.69, 9.17) is 17.3 Å². The third-order valence-electron chi connectivity index (χ3n) is 4.81. The lowest BCUT2D eigenvalue weighted by atomic mass is 9.92. The summed E-state index contributed by atoms with van der Waals surface area (Å²) >= 11 is 6.19. The number of benzene rings is 1. The standard InChI is InChI=1S/C17H28ClN3/c1-5-15(19)16(13-7-6-8-14(18)11-13)21-10-9-20(4)17(2,3)12-21/h6-8,11,15-16H,5,9-10,12,19H2,1-4H3. The molecular formula is C17H28ClN3. The van der Waals surface area contributed by atoms with Gasteiger partial charge in [-0.2, -0.15) is 0 Å². The molecule has 0 bridgehead atoms. The van der Waals surface area contributed by atoms with Crippen molar-refractivity contribution in [1.82, 2.24) is 9.80 Å². The van der Waals surface area contributed by atoms with Crippen LogP contribution in [0.25, 0.3) is 0 Å². The summed E-state index contributed by atoms with van der Waals surface area (Å²) in [5, 5.41) is 0.786. The number of rotatable bonds is 4. The minimum Gasteiger partial charge on any atom is -0.326 e. The zero-order chi connectivity index (χ0) is 15.6. The summed E-state index contributed by atoms with van der Waals surface area (Å²) < 4.78 is 0. The molecule has 0 saturated carbocycles. The van der Waals surface area contributed by atoms with Gasteiger partial charge in [-0.3, -0.25) is 9.80 Å². The van der Waals surface area contributed by atoms with Gasteiger partial charge in [0.2, 0.25) is 0 Å². The van der Waals surface area contributed by atoms with Crippen LogP contribution >= 0.6 is 11.6 Å². The second-order valence-electron chi connectivity index (χ2n) is 6.78. The van der Waals surface area contributed by atoms with Gasteiger partial charge in [-0.25, -0.2) is 0 Å². The predicted octanol–water partition coefficient (Wildman–Crippen LogP) is 3.14. The lowest BCUT2D eigenvalue weighted by Crippen LogP contribution is -2.59. The van der Waals surface area contributed by atoms with Crippen LogP contribution in [0.2, 0.25) is 5.02 Å². The minimum atomic E-state index is 0.127. The van der Waals surface area contributed by atoms with E-state index in [-0.39, 0.29) is 17.6 Å². The van der Waals surface area contributed by atoms with Crippen LogP contribution in [0.5, 0.6) is 0 Å².